The van der Waals surface area contributed by atoms with Gasteiger partial charge in [-0.15, -0.1) is 11.3 Å². The summed E-state index contributed by atoms with van der Waals surface area (Å²) >= 11 is 1.63. The number of hydrogen-bond acceptors (Lipinski definition) is 7. The minimum Gasteiger partial charge on any atom is -0.379 e. The number of thiazole rings is 1. The van der Waals surface area contributed by atoms with Gasteiger partial charge in [-0.1, -0.05) is 12.1 Å². The molecule has 7 heteroatoms. The van der Waals surface area contributed by atoms with Crippen LogP contribution in [0.2, 0.25) is 0 Å². The molecule has 3 rings (SSSR count). The van der Waals surface area contributed by atoms with E-state index in [9.17, 15) is 0 Å². The fourth-order valence-corrected chi connectivity index (χ4v) is 3.21. The Morgan fingerprint density at radius 1 is 1.38 bits per heavy atom. The van der Waals surface area contributed by atoms with Gasteiger partial charge >= 0.3 is 0 Å². The van der Waals surface area contributed by atoms with Crippen LogP contribution in [-0.2, 0) is 11.2 Å². The first-order valence-corrected chi connectivity index (χ1v) is 8.19. The molecule has 114 valence electrons. The lowest BCUT2D eigenvalue weighted by molar-refractivity contribution is 0.184. The number of nitrogens with zero attached hydrogens (tertiary/aromatic N) is 3. The number of aromatic nitrogens is 3. The molecule has 1 aliphatic heterocycles. The van der Waals surface area contributed by atoms with Crippen LogP contribution in [0.3, 0.4) is 0 Å². The van der Waals surface area contributed by atoms with Gasteiger partial charge in [0.2, 0.25) is 5.89 Å². The zero-order valence-corrected chi connectivity index (χ0v) is 13.2. The van der Waals surface area contributed by atoms with Crippen molar-refractivity contribution < 1.29 is 9.26 Å². The van der Waals surface area contributed by atoms with Crippen molar-refractivity contribution in [2.45, 2.75) is 38.6 Å². The van der Waals surface area contributed by atoms with E-state index in [1.165, 1.54) is 0 Å². The van der Waals surface area contributed by atoms with Crippen LogP contribution >= 0.6 is 11.3 Å². The lowest BCUT2D eigenvalue weighted by atomic mass is 10.0. The maximum atomic E-state index is 5.55. The van der Waals surface area contributed by atoms with Crippen LogP contribution in [0.15, 0.2) is 9.90 Å². The van der Waals surface area contributed by atoms with Crippen LogP contribution in [0.4, 0.5) is 0 Å². The third-order valence-electron chi connectivity index (χ3n) is 3.51. The second-order valence-electron chi connectivity index (χ2n) is 5.31. The standard InChI is InChI=1S/C14H20N4O2S/c1-3-4-15-11-7-19-6-10(11)14-17-12(18-20-14)5-13-16-9(2)8-21-13/h8,10-11,15H,3-7H2,1-2H3. The topological polar surface area (TPSA) is 73.1 Å². The van der Waals surface area contributed by atoms with Crippen molar-refractivity contribution in [3.05, 3.63) is 27.8 Å². The first kappa shape index (κ1) is 14.6. The van der Waals surface area contributed by atoms with E-state index >= 15 is 0 Å². The number of ether oxygens (including phenoxy) is 1. The first-order valence-electron chi connectivity index (χ1n) is 7.31. The van der Waals surface area contributed by atoms with Gasteiger partial charge in [-0.05, 0) is 19.9 Å². The molecule has 2 unspecified atom stereocenters. The van der Waals surface area contributed by atoms with Crippen molar-refractivity contribution >= 4 is 11.3 Å². The van der Waals surface area contributed by atoms with Gasteiger partial charge < -0.3 is 14.6 Å². The fraction of sp³-hybridized carbons (Fsp3) is 0.643. The Morgan fingerprint density at radius 3 is 3.05 bits per heavy atom. The molecule has 2 aromatic heterocycles. The molecule has 21 heavy (non-hydrogen) atoms. The normalized spacial score (nSPS) is 22.0. The van der Waals surface area contributed by atoms with E-state index in [1.54, 1.807) is 11.3 Å². The van der Waals surface area contributed by atoms with Crippen molar-refractivity contribution in [3.8, 4) is 0 Å². The van der Waals surface area contributed by atoms with Gasteiger partial charge in [0.05, 0.1) is 25.6 Å². The average Bonchev–Trinajstić information content (AvgIpc) is 3.18. The van der Waals surface area contributed by atoms with Crippen molar-refractivity contribution in [3.63, 3.8) is 0 Å². The highest BCUT2D eigenvalue weighted by atomic mass is 32.1. The maximum absolute atomic E-state index is 5.55. The second-order valence-corrected chi connectivity index (χ2v) is 6.26. The summed E-state index contributed by atoms with van der Waals surface area (Å²) in [6.07, 6.45) is 1.73. The van der Waals surface area contributed by atoms with E-state index in [0.29, 0.717) is 31.3 Å². The Balaban J connectivity index is 1.66. The van der Waals surface area contributed by atoms with Gasteiger partial charge in [0, 0.05) is 17.1 Å². The first-order chi connectivity index (χ1) is 10.3. The molecule has 1 fully saturated rings. The Kier molecular flexibility index (Phi) is 4.62. The maximum Gasteiger partial charge on any atom is 0.233 e. The van der Waals surface area contributed by atoms with Crippen LogP contribution in [0.25, 0.3) is 0 Å². The minimum absolute atomic E-state index is 0.149. The summed E-state index contributed by atoms with van der Waals surface area (Å²) in [5.74, 6) is 1.51. The van der Waals surface area contributed by atoms with E-state index < -0.39 is 0 Å². The van der Waals surface area contributed by atoms with Crippen LogP contribution in [0, 0.1) is 6.92 Å². The van der Waals surface area contributed by atoms with Gasteiger partial charge in [0.25, 0.3) is 0 Å². The van der Waals surface area contributed by atoms with Crippen molar-refractivity contribution in [2.24, 2.45) is 0 Å². The fourth-order valence-electron chi connectivity index (χ4n) is 2.44. The lowest BCUT2D eigenvalue weighted by Crippen LogP contribution is -2.35. The van der Waals surface area contributed by atoms with Gasteiger partial charge in [-0.3, -0.25) is 0 Å². The summed E-state index contributed by atoms with van der Waals surface area (Å²) < 4.78 is 11.0. The molecule has 1 saturated heterocycles. The molecule has 0 spiro atoms. The van der Waals surface area contributed by atoms with E-state index in [-0.39, 0.29) is 12.0 Å². The second kappa shape index (κ2) is 6.64. The molecular weight excluding hydrogens is 288 g/mol. The van der Waals surface area contributed by atoms with Gasteiger partial charge in [0.15, 0.2) is 5.82 Å². The molecule has 1 N–H and O–H groups in total. The summed E-state index contributed by atoms with van der Waals surface area (Å²) in [7, 11) is 0. The van der Waals surface area contributed by atoms with Crippen LogP contribution in [0.5, 0.6) is 0 Å². The third-order valence-corrected chi connectivity index (χ3v) is 4.48. The third kappa shape index (κ3) is 3.48. The zero-order valence-electron chi connectivity index (χ0n) is 12.3. The van der Waals surface area contributed by atoms with E-state index in [0.717, 1.165) is 23.7 Å². The summed E-state index contributed by atoms with van der Waals surface area (Å²) in [6, 6.07) is 0.264. The van der Waals surface area contributed by atoms with E-state index in [1.807, 2.05) is 12.3 Å². The summed E-state index contributed by atoms with van der Waals surface area (Å²) in [6.45, 7) is 6.46. The highest BCUT2D eigenvalue weighted by Gasteiger charge is 2.33. The van der Waals surface area contributed by atoms with Gasteiger partial charge in [-0.25, -0.2) is 4.98 Å². The Hall–Kier alpha value is -1.31. The van der Waals surface area contributed by atoms with Gasteiger partial charge in [-0.2, -0.15) is 4.98 Å². The van der Waals surface area contributed by atoms with Crippen LogP contribution in [0.1, 0.15) is 41.7 Å². The highest BCUT2D eigenvalue weighted by Crippen LogP contribution is 2.25. The predicted octanol–water partition coefficient (Wildman–Crippen LogP) is 1.91. The monoisotopic (exact) mass is 308 g/mol. The number of hydrogen-bond donors (Lipinski definition) is 1. The lowest BCUT2D eigenvalue weighted by Gasteiger charge is -2.14. The number of aryl methyl sites for hydroxylation is 1. The molecule has 0 radical (unpaired) electrons. The van der Waals surface area contributed by atoms with Crippen molar-refractivity contribution in [1.29, 1.82) is 0 Å². The molecule has 2 atom stereocenters. The summed E-state index contributed by atoms with van der Waals surface area (Å²) in [4.78, 5) is 8.95. The van der Waals surface area contributed by atoms with Crippen molar-refractivity contribution in [1.82, 2.24) is 20.4 Å². The molecule has 1 aliphatic rings. The van der Waals surface area contributed by atoms with Crippen molar-refractivity contribution in [2.75, 3.05) is 19.8 Å². The Bertz CT molecular complexity index is 583. The molecule has 6 nitrogen and oxygen atoms in total. The molecule has 0 aliphatic carbocycles. The predicted molar refractivity (Wildman–Crippen MR) is 79.6 cm³/mol. The molecular formula is C14H20N4O2S. The molecule has 3 heterocycles. The molecule has 2 aromatic rings. The van der Waals surface area contributed by atoms with Gasteiger partial charge in [0.1, 0.15) is 5.01 Å². The average molecular weight is 308 g/mol. The van der Waals surface area contributed by atoms with Crippen LogP contribution in [-0.4, -0.2) is 40.9 Å². The molecule has 0 saturated carbocycles. The van der Waals surface area contributed by atoms with Crippen LogP contribution < -0.4 is 5.32 Å². The quantitative estimate of drug-likeness (QED) is 0.879. The highest BCUT2D eigenvalue weighted by molar-refractivity contribution is 7.09. The smallest absolute Gasteiger partial charge is 0.233 e. The Labute approximate surface area is 127 Å². The van der Waals surface area contributed by atoms with E-state index in [4.69, 9.17) is 9.26 Å². The summed E-state index contributed by atoms with van der Waals surface area (Å²) in [5.41, 5.74) is 1.03. The molecule has 0 amide bonds. The number of nitrogens with one attached hydrogen (secondary N) is 1. The molecule has 0 bridgehead atoms. The SMILES string of the molecule is CCCNC1COCC1c1nc(Cc2nc(C)cs2)no1. The summed E-state index contributed by atoms with van der Waals surface area (Å²) in [5, 5.41) is 10.6. The Morgan fingerprint density at radius 2 is 2.29 bits per heavy atom. The van der Waals surface area contributed by atoms with E-state index in [2.05, 4.69) is 27.4 Å². The molecule has 0 aromatic carbocycles. The number of rotatable bonds is 6. The largest absolute Gasteiger partial charge is 0.379 e. The zero-order chi connectivity index (χ0) is 14.7. The minimum atomic E-state index is 0.149.